The second-order valence-electron chi connectivity index (χ2n) is 7.56. The highest BCUT2D eigenvalue weighted by Crippen LogP contribution is 2.24. The standard InChI is InChI=1S/C21H25N7/c1-2-6-19-18(5-1)20(25-16-24-19)27-11-9-26(10-12-27)15-17-13-22-21(23-14-17)28-7-3-4-8-28/h1-2,5-6,13-14,16H,3-4,7-12,15H2. The van der Waals surface area contributed by atoms with Gasteiger partial charge in [-0.05, 0) is 25.0 Å². The Morgan fingerprint density at radius 2 is 1.50 bits per heavy atom. The molecule has 7 heteroatoms. The SMILES string of the molecule is c1ccc2c(N3CCN(Cc4cnc(N5CCCC5)nc4)CC3)ncnc2c1. The van der Waals surface area contributed by atoms with E-state index >= 15 is 0 Å². The average Bonchev–Trinajstić information content (AvgIpc) is 3.29. The van der Waals surface area contributed by atoms with E-state index in [4.69, 9.17) is 0 Å². The van der Waals surface area contributed by atoms with Crippen LogP contribution in [0.4, 0.5) is 11.8 Å². The molecule has 28 heavy (non-hydrogen) atoms. The second-order valence-corrected chi connectivity index (χ2v) is 7.56. The molecular weight excluding hydrogens is 350 g/mol. The van der Waals surface area contributed by atoms with Crippen LogP contribution in [0.3, 0.4) is 0 Å². The van der Waals surface area contributed by atoms with Gasteiger partial charge in [0, 0.05) is 69.2 Å². The Morgan fingerprint density at radius 3 is 2.29 bits per heavy atom. The van der Waals surface area contributed by atoms with Crippen molar-refractivity contribution in [2.45, 2.75) is 19.4 Å². The molecule has 0 amide bonds. The smallest absolute Gasteiger partial charge is 0.225 e. The number of hydrogen-bond donors (Lipinski definition) is 0. The molecule has 2 aliphatic rings. The number of fused-ring (bicyclic) bond motifs is 1. The molecule has 7 nitrogen and oxygen atoms in total. The number of nitrogens with zero attached hydrogens (tertiary/aromatic N) is 7. The van der Waals surface area contributed by atoms with Crippen molar-refractivity contribution in [2.24, 2.45) is 0 Å². The maximum Gasteiger partial charge on any atom is 0.225 e. The normalized spacial score (nSPS) is 18.1. The zero-order valence-electron chi connectivity index (χ0n) is 16.0. The molecule has 0 spiro atoms. The molecule has 2 aromatic heterocycles. The first-order valence-corrected chi connectivity index (χ1v) is 10.1. The third-order valence-corrected chi connectivity index (χ3v) is 5.68. The minimum Gasteiger partial charge on any atom is -0.353 e. The molecular formula is C21H25N7. The molecule has 2 fully saturated rings. The summed E-state index contributed by atoms with van der Waals surface area (Å²) in [7, 11) is 0. The fraction of sp³-hybridized carbons (Fsp3) is 0.429. The lowest BCUT2D eigenvalue weighted by Gasteiger charge is -2.35. The minimum atomic E-state index is 0.877. The largest absolute Gasteiger partial charge is 0.353 e. The van der Waals surface area contributed by atoms with Crippen LogP contribution < -0.4 is 9.80 Å². The van der Waals surface area contributed by atoms with Gasteiger partial charge in [0.25, 0.3) is 0 Å². The van der Waals surface area contributed by atoms with Crippen molar-refractivity contribution in [3.63, 3.8) is 0 Å². The van der Waals surface area contributed by atoms with Gasteiger partial charge in [0.1, 0.15) is 12.1 Å². The second kappa shape index (κ2) is 7.67. The van der Waals surface area contributed by atoms with E-state index in [1.165, 1.54) is 18.4 Å². The van der Waals surface area contributed by atoms with E-state index in [-0.39, 0.29) is 0 Å². The molecule has 0 N–H and O–H groups in total. The molecule has 2 aliphatic heterocycles. The van der Waals surface area contributed by atoms with Crippen LogP contribution in [0.1, 0.15) is 18.4 Å². The summed E-state index contributed by atoms with van der Waals surface area (Å²) in [4.78, 5) is 25.2. The molecule has 0 bridgehead atoms. The van der Waals surface area contributed by atoms with E-state index in [0.29, 0.717) is 0 Å². The Hall–Kier alpha value is -2.80. The quantitative estimate of drug-likeness (QED) is 0.694. The summed E-state index contributed by atoms with van der Waals surface area (Å²) in [5.41, 5.74) is 2.19. The zero-order chi connectivity index (χ0) is 18.8. The summed E-state index contributed by atoms with van der Waals surface area (Å²) in [6.07, 6.45) is 8.15. The molecule has 0 radical (unpaired) electrons. The van der Waals surface area contributed by atoms with E-state index in [2.05, 4.69) is 46.8 Å². The van der Waals surface area contributed by atoms with Crippen LogP contribution in [-0.4, -0.2) is 64.1 Å². The van der Waals surface area contributed by atoms with E-state index in [9.17, 15) is 0 Å². The van der Waals surface area contributed by atoms with Gasteiger partial charge in [-0.25, -0.2) is 19.9 Å². The van der Waals surface area contributed by atoms with Crippen molar-refractivity contribution in [1.82, 2.24) is 24.8 Å². The van der Waals surface area contributed by atoms with Crippen molar-refractivity contribution in [1.29, 1.82) is 0 Å². The monoisotopic (exact) mass is 375 g/mol. The van der Waals surface area contributed by atoms with Crippen molar-refractivity contribution < 1.29 is 0 Å². The highest BCUT2D eigenvalue weighted by molar-refractivity contribution is 5.89. The molecule has 0 saturated carbocycles. The first-order chi connectivity index (χ1) is 13.9. The van der Waals surface area contributed by atoms with Crippen LogP contribution in [0.15, 0.2) is 43.0 Å². The van der Waals surface area contributed by atoms with E-state index in [0.717, 1.165) is 68.5 Å². The zero-order valence-corrected chi connectivity index (χ0v) is 16.0. The lowest BCUT2D eigenvalue weighted by Crippen LogP contribution is -2.46. The summed E-state index contributed by atoms with van der Waals surface area (Å²) < 4.78 is 0. The number of aromatic nitrogens is 4. The number of benzene rings is 1. The van der Waals surface area contributed by atoms with Crippen LogP contribution in [0.25, 0.3) is 10.9 Å². The Labute approximate surface area is 165 Å². The van der Waals surface area contributed by atoms with Crippen LogP contribution >= 0.6 is 0 Å². The van der Waals surface area contributed by atoms with Gasteiger partial charge in [0.15, 0.2) is 0 Å². The van der Waals surface area contributed by atoms with E-state index in [1.54, 1.807) is 6.33 Å². The van der Waals surface area contributed by atoms with Crippen molar-refractivity contribution >= 4 is 22.7 Å². The predicted molar refractivity (Wildman–Crippen MR) is 111 cm³/mol. The van der Waals surface area contributed by atoms with Gasteiger partial charge in [-0.3, -0.25) is 4.90 Å². The van der Waals surface area contributed by atoms with Crippen LogP contribution in [0, 0.1) is 0 Å². The summed E-state index contributed by atoms with van der Waals surface area (Å²) in [5.74, 6) is 1.92. The van der Waals surface area contributed by atoms with Crippen LogP contribution in [0.2, 0.25) is 0 Å². The predicted octanol–water partition coefficient (Wildman–Crippen LogP) is 2.34. The topological polar surface area (TPSA) is 61.3 Å². The maximum atomic E-state index is 4.58. The van der Waals surface area contributed by atoms with Gasteiger partial charge >= 0.3 is 0 Å². The molecule has 4 heterocycles. The molecule has 1 aromatic carbocycles. The molecule has 5 rings (SSSR count). The van der Waals surface area contributed by atoms with E-state index in [1.807, 2.05) is 24.5 Å². The Morgan fingerprint density at radius 1 is 0.750 bits per heavy atom. The summed E-state index contributed by atoms with van der Waals surface area (Å²) in [6, 6.07) is 8.23. The van der Waals surface area contributed by atoms with Crippen LogP contribution in [-0.2, 0) is 6.54 Å². The number of hydrogen-bond acceptors (Lipinski definition) is 7. The van der Waals surface area contributed by atoms with Crippen LogP contribution in [0.5, 0.6) is 0 Å². The highest BCUT2D eigenvalue weighted by atomic mass is 15.3. The van der Waals surface area contributed by atoms with Gasteiger partial charge in [0.05, 0.1) is 5.52 Å². The number of anilines is 2. The highest BCUT2D eigenvalue weighted by Gasteiger charge is 2.20. The third kappa shape index (κ3) is 3.49. The number of rotatable bonds is 4. The minimum absolute atomic E-state index is 0.877. The van der Waals surface area contributed by atoms with Gasteiger partial charge in [-0.2, -0.15) is 0 Å². The van der Waals surface area contributed by atoms with Crippen molar-refractivity contribution in [3.8, 4) is 0 Å². The fourth-order valence-corrected chi connectivity index (χ4v) is 4.13. The van der Waals surface area contributed by atoms with Crippen molar-refractivity contribution in [2.75, 3.05) is 49.1 Å². The first-order valence-electron chi connectivity index (χ1n) is 10.1. The fourth-order valence-electron chi connectivity index (χ4n) is 4.13. The Kier molecular flexibility index (Phi) is 4.74. The summed E-state index contributed by atoms with van der Waals surface area (Å²) >= 11 is 0. The molecule has 0 unspecified atom stereocenters. The lowest BCUT2D eigenvalue weighted by molar-refractivity contribution is 0.249. The molecule has 0 aliphatic carbocycles. The van der Waals surface area contributed by atoms with Gasteiger partial charge in [-0.15, -0.1) is 0 Å². The number of piperazine rings is 1. The lowest BCUT2D eigenvalue weighted by atomic mass is 10.2. The Balaban J connectivity index is 1.21. The summed E-state index contributed by atoms with van der Waals surface area (Å²) in [6.45, 7) is 7.01. The molecule has 2 saturated heterocycles. The summed E-state index contributed by atoms with van der Waals surface area (Å²) in [5, 5.41) is 1.13. The van der Waals surface area contributed by atoms with Gasteiger partial charge in [0.2, 0.25) is 5.95 Å². The van der Waals surface area contributed by atoms with E-state index < -0.39 is 0 Å². The third-order valence-electron chi connectivity index (χ3n) is 5.68. The molecule has 144 valence electrons. The molecule has 3 aromatic rings. The van der Waals surface area contributed by atoms with Gasteiger partial charge < -0.3 is 9.80 Å². The Bertz CT molecular complexity index is 924. The van der Waals surface area contributed by atoms with Crippen molar-refractivity contribution in [3.05, 3.63) is 48.5 Å². The number of para-hydroxylation sites is 1. The average molecular weight is 375 g/mol. The first kappa shape index (κ1) is 17.3. The van der Waals surface area contributed by atoms with Gasteiger partial charge in [-0.1, -0.05) is 12.1 Å². The maximum absolute atomic E-state index is 4.58. The molecule has 0 atom stereocenters.